The summed E-state index contributed by atoms with van der Waals surface area (Å²) < 4.78 is 23.3. The van der Waals surface area contributed by atoms with Crippen LogP contribution in [-0.4, -0.2) is 37.6 Å². The van der Waals surface area contributed by atoms with E-state index in [1.54, 1.807) is 0 Å². The molecule has 1 fully saturated rings. The van der Waals surface area contributed by atoms with Crippen molar-refractivity contribution in [2.75, 3.05) is 13.2 Å². The second-order valence-corrected chi connectivity index (χ2v) is 9.05. The first-order chi connectivity index (χ1) is 16.2. The van der Waals surface area contributed by atoms with E-state index in [0.29, 0.717) is 18.8 Å². The number of nitrogens with zero attached hydrogens (tertiary/aromatic N) is 1. The highest BCUT2D eigenvalue weighted by molar-refractivity contribution is 6.56. The Labute approximate surface area is 201 Å². The van der Waals surface area contributed by atoms with Gasteiger partial charge in [-0.2, -0.15) is 5.26 Å². The molecule has 0 saturated carbocycles. The number of nitrogens with one attached hydrogen (secondary N) is 1. The van der Waals surface area contributed by atoms with Gasteiger partial charge in [-0.05, 0) is 56.4 Å². The van der Waals surface area contributed by atoms with Gasteiger partial charge in [-0.1, -0.05) is 48.5 Å². The van der Waals surface area contributed by atoms with E-state index in [0.717, 1.165) is 16.6 Å². The molecule has 3 rings (SSSR count). The Morgan fingerprint density at radius 1 is 1.06 bits per heavy atom. The zero-order chi connectivity index (χ0) is 24.6. The van der Waals surface area contributed by atoms with Crippen molar-refractivity contribution < 1.29 is 23.6 Å². The van der Waals surface area contributed by atoms with E-state index in [-0.39, 0.29) is 13.2 Å². The molecule has 0 radical (unpaired) electrons. The third-order valence-corrected chi connectivity index (χ3v) is 5.92. The second kappa shape index (κ2) is 11.2. The normalized spacial score (nSPS) is 16.6. The molecule has 1 aliphatic heterocycles. The lowest BCUT2D eigenvalue weighted by Crippen LogP contribution is -2.41. The zero-order valence-electron chi connectivity index (χ0n) is 20.2. The molecule has 1 saturated heterocycles. The highest BCUT2D eigenvalue weighted by Gasteiger charge is 2.52. The molecule has 0 aliphatic carbocycles. The SMILES string of the molecule is CC1(C)OB(C(=Cc2ccc(OCCC#N)cc2)CNC(=O)OCc2ccccc2)OC1(C)C. The molecule has 1 aliphatic rings. The van der Waals surface area contributed by atoms with Gasteiger partial charge in [-0.3, -0.25) is 0 Å². The topological polar surface area (TPSA) is 89.8 Å². The third-order valence-electron chi connectivity index (χ3n) is 5.92. The van der Waals surface area contributed by atoms with Gasteiger partial charge in [-0.15, -0.1) is 0 Å². The maximum atomic E-state index is 12.3. The highest BCUT2D eigenvalue weighted by Crippen LogP contribution is 2.38. The van der Waals surface area contributed by atoms with Crippen LogP contribution in [0.1, 0.15) is 45.2 Å². The van der Waals surface area contributed by atoms with E-state index in [1.165, 1.54) is 0 Å². The molecule has 1 amide bonds. The van der Waals surface area contributed by atoms with Gasteiger partial charge < -0.3 is 24.1 Å². The van der Waals surface area contributed by atoms with E-state index in [4.69, 9.17) is 24.0 Å². The van der Waals surface area contributed by atoms with Gasteiger partial charge in [0.2, 0.25) is 0 Å². The fraction of sp³-hybridized carbons (Fsp3) is 0.385. The molecule has 2 aromatic carbocycles. The quantitative estimate of drug-likeness (QED) is 0.420. The van der Waals surface area contributed by atoms with Crippen LogP contribution in [0.2, 0.25) is 0 Å². The number of rotatable bonds is 9. The summed E-state index contributed by atoms with van der Waals surface area (Å²) in [5, 5.41) is 11.5. The van der Waals surface area contributed by atoms with Crippen LogP contribution in [0, 0.1) is 11.3 Å². The molecular formula is C26H31BN2O5. The maximum Gasteiger partial charge on any atom is 0.492 e. The minimum absolute atomic E-state index is 0.190. The molecule has 7 nitrogen and oxygen atoms in total. The summed E-state index contributed by atoms with van der Waals surface area (Å²) in [6.07, 6.45) is 1.74. The minimum Gasteiger partial charge on any atom is -0.493 e. The Morgan fingerprint density at radius 3 is 2.32 bits per heavy atom. The first kappa shape index (κ1) is 25.3. The number of hydrogen-bond acceptors (Lipinski definition) is 6. The average molecular weight is 462 g/mol. The van der Waals surface area contributed by atoms with Gasteiger partial charge in [0.1, 0.15) is 19.0 Å². The van der Waals surface area contributed by atoms with Crippen LogP contribution in [0.25, 0.3) is 6.08 Å². The molecule has 0 aromatic heterocycles. The fourth-order valence-corrected chi connectivity index (χ4v) is 3.23. The van der Waals surface area contributed by atoms with E-state index in [9.17, 15) is 4.79 Å². The lowest BCUT2D eigenvalue weighted by atomic mass is 9.77. The molecular weight excluding hydrogens is 431 g/mol. The summed E-state index contributed by atoms with van der Waals surface area (Å²) in [7, 11) is -0.619. The first-order valence-corrected chi connectivity index (χ1v) is 11.3. The molecule has 0 unspecified atom stereocenters. The van der Waals surface area contributed by atoms with Gasteiger partial charge in [0.25, 0.3) is 0 Å². The molecule has 1 heterocycles. The Kier molecular flexibility index (Phi) is 8.38. The first-order valence-electron chi connectivity index (χ1n) is 11.3. The van der Waals surface area contributed by atoms with Crippen molar-refractivity contribution in [2.24, 2.45) is 0 Å². The number of alkyl carbamates (subject to hydrolysis) is 1. The van der Waals surface area contributed by atoms with E-state index < -0.39 is 24.4 Å². The standard InChI is InChI=1S/C26H31BN2O5/c1-25(2)26(3,4)34-27(33-25)22(17-20-11-13-23(14-12-20)31-16-8-15-28)18-29-24(30)32-19-21-9-6-5-7-10-21/h5-7,9-14,17H,8,16,18-19H2,1-4H3,(H,29,30). The van der Waals surface area contributed by atoms with Gasteiger partial charge in [0.05, 0.1) is 23.7 Å². The largest absolute Gasteiger partial charge is 0.493 e. The van der Waals surface area contributed by atoms with Crippen molar-refractivity contribution in [1.29, 1.82) is 5.26 Å². The van der Waals surface area contributed by atoms with Crippen LogP contribution in [0.5, 0.6) is 5.75 Å². The Balaban J connectivity index is 1.69. The maximum absolute atomic E-state index is 12.3. The number of nitriles is 1. The van der Waals surface area contributed by atoms with Crippen LogP contribution in [0.15, 0.2) is 60.1 Å². The number of carbonyl (C=O) groups is 1. The number of ether oxygens (including phenoxy) is 2. The molecule has 34 heavy (non-hydrogen) atoms. The minimum atomic E-state index is -0.619. The van der Waals surface area contributed by atoms with Crippen molar-refractivity contribution in [3.8, 4) is 11.8 Å². The highest BCUT2D eigenvalue weighted by atomic mass is 16.7. The van der Waals surface area contributed by atoms with Gasteiger partial charge >= 0.3 is 13.2 Å². The Hall–Kier alpha value is -3.28. The molecule has 1 N–H and O–H groups in total. The molecule has 0 atom stereocenters. The molecule has 2 aromatic rings. The van der Waals surface area contributed by atoms with E-state index in [1.807, 2.05) is 88.4 Å². The van der Waals surface area contributed by atoms with Crippen LogP contribution in [0.3, 0.4) is 0 Å². The van der Waals surface area contributed by atoms with Gasteiger partial charge in [-0.25, -0.2) is 4.79 Å². The van der Waals surface area contributed by atoms with E-state index in [2.05, 4.69) is 11.4 Å². The molecule has 8 heteroatoms. The Bertz CT molecular complexity index is 1010. The number of hydrogen-bond donors (Lipinski definition) is 1. The average Bonchev–Trinajstić information content (AvgIpc) is 3.03. The Morgan fingerprint density at radius 2 is 1.71 bits per heavy atom. The van der Waals surface area contributed by atoms with Crippen LogP contribution in [-0.2, 0) is 20.7 Å². The summed E-state index contributed by atoms with van der Waals surface area (Å²) >= 11 is 0. The zero-order valence-corrected chi connectivity index (χ0v) is 20.2. The van der Waals surface area contributed by atoms with Crippen molar-refractivity contribution in [2.45, 2.75) is 51.9 Å². The van der Waals surface area contributed by atoms with E-state index >= 15 is 0 Å². The molecule has 0 bridgehead atoms. The molecule has 178 valence electrons. The smallest absolute Gasteiger partial charge is 0.492 e. The lowest BCUT2D eigenvalue weighted by Gasteiger charge is -2.32. The monoisotopic (exact) mass is 462 g/mol. The van der Waals surface area contributed by atoms with Crippen molar-refractivity contribution in [1.82, 2.24) is 5.32 Å². The summed E-state index contributed by atoms with van der Waals surface area (Å²) in [5.41, 5.74) is 1.55. The number of benzene rings is 2. The predicted octanol–water partition coefficient (Wildman–Crippen LogP) is 4.92. The van der Waals surface area contributed by atoms with Gasteiger partial charge in [0.15, 0.2) is 0 Å². The van der Waals surface area contributed by atoms with Gasteiger partial charge in [0, 0.05) is 6.54 Å². The van der Waals surface area contributed by atoms with Crippen molar-refractivity contribution in [3.63, 3.8) is 0 Å². The summed E-state index contributed by atoms with van der Waals surface area (Å²) in [4.78, 5) is 12.3. The number of amides is 1. The number of carbonyl (C=O) groups excluding carboxylic acids is 1. The second-order valence-electron chi connectivity index (χ2n) is 9.05. The lowest BCUT2D eigenvalue weighted by molar-refractivity contribution is 0.00578. The summed E-state index contributed by atoms with van der Waals surface area (Å²) in [6.45, 7) is 8.68. The third kappa shape index (κ3) is 6.86. The predicted molar refractivity (Wildman–Crippen MR) is 131 cm³/mol. The van der Waals surface area contributed by atoms with Crippen molar-refractivity contribution in [3.05, 3.63) is 71.2 Å². The fourth-order valence-electron chi connectivity index (χ4n) is 3.23. The van der Waals surface area contributed by atoms with Crippen LogP contribution < -0.4 is 10.1 Å². The van der Waals surface area contributed by atoms with Crippen LogP contribution in [0.4, 0.5) is 4.79 Å². The molecule has 0 spiro atoms. The summed E-state index contributed by atoms with van der Waals surface area (Å²) in [6, 6.07) is 19.0. The summed E-state index contributed by atoms with van der Waals surface area (Å²) in [5.74, 6) is 0.687. The van der Waals surface area contributed by atoms with Crippen LogP contribution >= 0.6 is 0 Å². The van der Waals surface area contributed by atoms with Crippen molar-refractivity contribution >= 4 is 19.3 Å².